The SMILES string of the molecule is CCn1c(SCC(=O)N/N=C(/C)c2ccc(-c3ccccc3)cc2)nc2ccccc21. The van der Waals surface area contributed by atoms with E-state index in [0.717, 1.165) is 39.6 Å². The number of carbonyl (C=O) groups excluding carboxylic acids is 1. The summed E-state index contributed by atoms with van der Waals surface area (Å²) in [5, 5.41) is 5.11. The quantitative estimate of drug-likeness (QED) is 0.245. The fourth-order valence-corrected chi connectivity index (χ4v) is 4.25. The van der Waals surface area contributed by atoms with Gasteiger partial charge in [0, 0.05) is 6.54 Å². The van der Waals surface area contributed by atoms with Crippen LogP contribution in [0.15, 0.2) is 89.1 Å². The van der Waals surface area contributed by atoms with Gasteiger partial charge in [0.25, 0.3) is 5.91 Å². The molecule has 0 spiro atoms. The molecule has 0 aliphatic rings. The summed E-state index contributed by atoms with van der Waals surface area (Å²) in [6.07, 6.45) is 0. The minimum Gasteiger partial charge on any atom is -0.319 e. The Morgan fingerprint density at radius 2 is 1.65 bits per heavy atom. The molecule has 0 radical (unpaired) electrons. The summed E-state index contributed by atoms with van der Waals surface area (Å²) in [7, 11) is 0. The molecule has 5 nitrogen and oxygen atoms in total. The normalized spacial score (nSPS) is 11.6. The first-order valence-electron chi connectivity index (χ1n) is 10.2. The van der Waals surface area contributed by atoms with Gasteiger partial charge in [0.15, 0.2) is 5.16 Å². The number of hydrogen-bond acceptors (Lipinski definition) is 4. The standard InChI is InChI=1S/C25H24N4OS/c1-3-29-23-12-8-7-11-22(23)26-25(29)31-17-24(30)28-27-18(2)19-13-15-21(16-14-19)20-9-5-4-6-10-20/h4-16H,3,17H2,1-2H3,(H,28,30)/b27-18-. The first-order chi connectivity index (χ1) is 15.2. The number of rotatable bonds is 7. The number of carbonyl (C=O) groups is 1. The molecule has 4 rings (SSSR count). The van der Waals surface area contributed by atoms with Crippen molar-refractivity contribution in [3.63, 3.8) is 0 Å². The van der Waals surface area contributed by atoms with E-state index in [1.807, 2.05) is 61.5 Å². The van der Waals surface area contributed by atoms with E-state index in [4.69, 9.17) is 0 Å². The second-order valence-corrected chi connectivity index (χ2v) is 8.03. The van der Waals surface area contributed by atoms with Gasteiger partial charge in [0.1, 0.15) is 0 Å². The van der Waals surface area contributed by atoms with E-state index in [0.29, 0.717) is 0 Å². The topological polar surface area (TPSA) is 59.3 Å². The zero-order valence-corrected chi connectivity index (χ0v) is 18.4. The maximum Gasteiger partial charge on any atom is 0.250 e. The van der Waals surface area contributed by atoms with Crippen LogP contribution >= 0.6 is 11.8 Å². The van der Waals surface area contributed by atoms with E-state index >= 15 is 0 Å². The average Bonchev–Trinajstić information content (AvgIpc) is 3.19. The van der Waals surface area contributed by atoms with Gasteiger partial charge in [-0.25, -0.2) is 10.4 Å². The first kappa shape index (κ1) is 20.9. The van der Waals surface area contributed by atoms with Crippen molar-refractivity contribution >= 4 is 34.4 Å². The van der Waals surface area contributed by atoms with Gasteiger partial charge >= 0.3 is 0 Å². The highest BCUT2D eigenvalue weighted by molar-refractivity contribution is 7.99. The molecule has 6 heteroatoms. The molecular formula is C25H24N4OS. The van der Waals surface area contributed by atoms with Crippen molar-refractivity contribution in [3.8, 4) is 11.1 Å². The van der Waals surface area contributed by atoms with Crippen LogP contribution in [0, 0.1) is 0 Å². The Hall–Kier alpha value is -3.38. The summed E-state index contributed by atoms with van der Waals surface area (Å²) in [5.74, 6) is 0.104. The predicted molar refractivity (Wildman–Crippen MR) is 128 cm³/mol. The lowest BCUT2D eigenvalue weighted by Gasteiger charge is -2.06. The molecule has 0 fully saturated rings. The number of nitrogens with one attached hydrogen (secondary N) is 1. The zero-order chi connectivity index (χ0) is 21.6. The van der Waals surface area contributed by atoms with E-state index in [1.165, 1.54) is 17.3 Å². The maximum absolute atomic E-state index is 12.3. The van der Waals surface area contributed by atoms with Crippen molar-refractivity contribution in [2.24, 2.45) is 5.10 Å². The van der Waals surface area contributed by atoms with Crippen LogP contribution in [0.3, 0.4) is 0 Å². The number of aryl methyl sites for hydroxylation is 1. The Bertz CT molecular complexity index is 1210. The van der Waals surface area contributed by atoms with Crippen molar-refractivity contribution in [2.45, 2.75) is 25.5 Å². The number of amides is 1. The molecule has 1 N–H and O–H groups in total. The highest BCUT2D eigenvalue weighted by Crippen LogP contribution is 2.24. The number of aromatic nitrogens is 2. The molecule has 0 saturated heterocycles. The summed E-state index contributed by atoms with van der Waals surface area (Å²) in [6, 6.07) is 26.4. The molecule has 31 heavy (non-hydrogen) atoms. The average molecular weight is 429 g/mol. The van der Waals surface area contributed by atoms with Crippen molar-refractivity contribution in [1.29, 1.82) is 0 Å². The van der Waals surface area contributed by atoms with E-state index < -0.39 is 0 Å². The second kappa shape index (κ2) is 9.62. The molecule has 0 saturated carbocycles. The highest BCUT2D eigenvalue weighted by Gasteiger charge is 2.11. The summed E-state index contributed by atoms with van der Waals surface area (Å²) < 4.78 is 2.12. The third kappa shape index (κ3) is 4.86. The molecule has 1 aromatic heterocycles. The van der Waals surface area contributed by atoms with Crippen LogP contribution in [-0.4, -0.2) is 26.9 Å². The van der Waals surface area contributed by atoms with E-state index in [9.17, 15) is 4.79 Å². The molecule has 4 aromatic rings. The summed E-state index contributed by atoms with van der Waals surface area (Å²) >= 11 is 1.42. The highest BCUT2D eigenvalue weighted by atomic mass is 32.2. The van der Waals surface area contributed by atoms with Crippen molar-refractivity contribution < 1.29 is 4.79 Å². The monoisotopic (exact) mass is 428 g/mol. The molecule has 1 heterocycles. The third-order valence-corrected chi connectivity index (χ3v) is 6.00. The summed E-state index contributed by atoms with van der Waals surface area (Å²) in [6.45, 7) is 4.77. The van der Waals surface area contributed by atoms with E-state index in [1.54, 1.807) is 0 Å². The number of nitrogens with zero attached hydrogens (tertiary/aromatic N) is 3. The van der Waals surface area contributed by atoms with Crippen LogP contribution in [0.4, 0.5) is 0 Å². The number of imidazole rings is 1. The predicted octanol–water partition coefficient (Wildman–Crippen LogP) is 5.36. The van der Waals surface area contributed by atoms with Gasteiger partial charge in [-0.05, 0) is 42.7 Å². The number of para-hydroxylation sites is 2. The van der Waals surface area contributed by atoms with Crippen molar-refractivity contribution in [3.05, 3.63) is 84.4 Å². The zero-order valence-electron chi connectivity index (χ0n) is 17.6. The molecule has 0 bridgehead atoms. The number of hydrazone groups is 1. The number of benzene rings is 3. The number of hydrogen-bond donors (Lipinski definition) is 1. The summed E-state index contributed by atoms with van der Waals surface area (Å²) in [4.78, 5) is 17.0. The molecule has 0 unspecified atom stereocenters. The van der Waals surface area contributed by atoms with Gasteiger partial charge in [-0.1, -0.05) is 78.5 Å². The van der Waals surface area contributed by atoms with Gasteiger partial charge in [0.2, 0.25) is 0 Å². The van der Waals surface area contributed by atoms with Gasteiger partial charge in [-0.2, -0.15) is 5.10 Å². The number of thioether (sulfide) groups is 1. The molecule has 1 amide bonds. The summed E-state index contributed by atoms with van der Waals surface area (Å²) in [5.41, 5.74) is 8.75. The maximum atomic E-state index is 12.3. The number of fused-ring (bicyclic) bond motifs is 1. The lowest BCUT2D eigenvalue weighted by molar-refractivity contribution is -0.118. The molecule has 156 valence electrons. The Morgan fingerprint density at radius 1 is 0.968 bits per heavy atom. The second-order valence-electron chi connectivity index (χ2n) is 7.09. The van der Waals surface area contributed by atoms with Gasteiger partial charge in [-0.15, -0.1) is 0 Å². The lowest BCUT2D eigenvalue weighted by atomic mass is 10.0. The minimum atomic E-state index is -0.153. The van der Waals surface area contributed by atoms with E-state index in [-0.39, 0.29) is 11.7 Å². The molecule has 0 aliphatic heterocycles. The van der Waals surface area contributed by atoms with Crippen LogP contribution < -0.4 is 5.43 Å². The molecular weight excluding hydrogens is 404 g/mol. The first-order valence-corrected chi connectivity index (χ1v) is 11.2. The Balaban J connectivity index is 1.37. The fraction of sp³-hybridized carbons (Fsp3) is 0.160. The Morgan fingerprint density at radius 3 is 2.39 bits per heavy atom. The minimum absolute atomic E-state index is 0.153. The van der Waals surface area contributed by atoms with Crippen LogP contribution in [0.2, 0.25) is 0 Å². The van der Waals surface area contributed by atoms with Gasteiger partial charge in [0.05, 0.1) is 22.5 Å². The van der Waals surface area contributed by atoms with Crippen LogP contribution in [0.5, 0.6) is 0 Å². The molecule has 0 aliphatic carbocycles. The van der Waals surface area contributed by atoms with Crippen LogP contribution in [-0.2, 0) is 11.3 Å². The fourth-order valence-electron chi connectivity index (χ4n) is 3.38. The van der Waals surface area contributed by atoms with E-state index in [2.05, 4.69) is 51.3 Å². The Kier molecular flexibility index (Phi) is 6.48. The smallest absolute Gasteiger partial charge is 0.250 e. The van der Waals surface area contributed by atoms with Crippen LogP contribution in [0.25, 0.3) is 22.2 Å². The van der Waals surface area contributed by atoms with Crippen LogP contribution in [0.1, 0.15) is 19.4 Å². The largest absolute Gasteiger partial charge is 0.319 e. The van der Waals surface area contributed by atoms with Crippen molar-refractivity contribution in [2.75, 3.05) is 5.75 Å². The third-order valence-electron chi connectivity index (χ3n) is 5.03. The molecule has 0 atom stereocenters. The Labute approximate surface area is 186 Å². The lowest BCUT2D eigenvalue weighted by Crippen LogP contribution is -2.21. The van der Waals surface area contributed by atoms with Gasteiger partial charge in [-0.3, -0.25) is 4.79 Å². The van der Waals surface area contributed by atoms with Gasteiger partial charge < -0.3 is 4.57 Å². The molecule has 3 aromatic carbocycles. The van der Waals surface area contributed by atoms with Crippen molar-refractivity contribution in [1.82, 2.24) is 15.0 Å².